The van der Waals surface area contributed by atoms with Crippen molar-refractivity contribution in [3.63, 3.8) is 0 Å². The fourth-order valence-electron chi connectivity index (χ4n) is 2.80. The molecule has 5 nitrogen and oxygen atoms in total. The maximum absolute atomic E-state index is 12.6. The lowest BCUT2D eigenvalue weighted by Crippen LogP contribution is -2.29. The third-order valence-electron chi connectivity index (χ3n) is 4.15. The Labute approximate surface area is 139 Å². The lowest BCUT2D eigenvalue weighted by Gasteiger charge is -2.14. The second kappa shape index (κ2) is 6.28. The van der Waals surface area contributed by atoms with Crippen LogP contribution in [0, 0.1) is 0 Å². The van der Waals surface area contributed by atoms with Gasteiger partial charge in [-0.25, -0.2) is 9.69 Å². The maximum Gasteiger partial charge on any atom is 0.335 e. The molecular formula is C19H17NO4. The Morgan fingerprint density at radius 1 is 1.00 bits per heavy atom. The van der Waals surface area contributed by atoms with E-state index in [9.17, 15) is 14.4 Å². The first-order chi connectivity index (χ1) is 11.5. The van der Waals surface area contributed by atoms with E-state index in [1.165, 1.54) is 18.2 Å². The van der Waals surface area contributed by atoms with Crippen molar-refractivity contribution >= 4 is 23.5 Å². The second-order valence-corrected chi connectivity index (χ2v) is 5.78. The molecule has 0 fully saturated rings. The van der Waals surface area contributed by atoms with Gasteiger partial charge in [-0.3, -0.25) is 9.59 Å². The van der Waals surface area contributed by atoms with Crippen molar-refractivity contribution in [3.05, 3.63) is 64.7 Å². The summed E-state index contributed by atoms with van der Waals surface area (Å²) >= 11 is 0. The number of imide groups is 1. The number of anilines is 1. The van der Waals surface area contributed by atoms with E-state index in [0.29, 0.717) is 5.69 Å². The van der Waals surface area contributed by atoms with Gasteiger partial charge in [-0.1, -0.05) is 25.5 Å². The van der Waals surface area contributed by atoms with Gasteiger partial charge in [0, 0.05) is 0 Å². The topological polar surface area (TPSA) is 74.7 Å². The summed E-state index contributed by atoms with van der Waals surface area (Å²) < 4.78 is 0. The molecule has 1 aliphatic heterocycles. The van der Waals surface area contributed by atoms with Crippen molar-refractivity contribution in [2.45, 2.75) is 26.2 Å². The van der Waals surface area contributed by atoms with Crippen LogP contribution in [0.1, 0.15) is 56.4 Å². The highest BCUT2D eigenvalue weighted by atomic mass is 16.4. The summed E-state index contributed by atoms with van der Waals surface area (Å²) in [5.74, 6) is -2.04. The summed E-state index contributed by atoms with van der Waals surface area (Å²) in [6.07, 6.45) is 3.15. The highest BCUT2D eigenvalue weighted by molar-refractivity contribution is 6.34. The van der Waals surface area contributed by atoms with Crippen LogP contribution in [0.5, 0.6) is 0 Å². The Balaban J connectivity index is 1.91. The monoisotopic (exact) mass is 323 g/mol. The lowest BCUT2D eigenvalue weighted by molar-refractivity contribution is 0.0696. The predicted molar refractivity (Wildman–Crippen MR) is 89.6 cm³/mol. The van der Waals surface area contributed by atoms with Gasteiger partial charge >= 0.3 is 5.97 Å². The fraction of sp³-hybridized carbons (Fsp3) is 0.211. The highest BCUT2D eigenvalue weighted by Crippen LogP contribution is 2.29. The molecule has 3 rings (SSSR count). The minimum Gasteiger partial charge on any atom is -0.478 e. The molecule has 5 heteroatoms. The third kappa shape index (κ3) is 2.69. The maximum atomic E-state index is 12.6. The van der Waals surface area contributed by atoms with E-state index >= 15 is 0 Å². The number of amides is 2. The van der Waals surface area contributed by atoms with Gasteiger partial charge in [0.25, 0.3) is 11.8 Å². The first-order valence-corrected chi connectivity index (χ1v) is 7.88. The SMILES string of the molecule is CCCCc1ccc(N2C(=O)c3ccc(C(=O)O)cc3C2=O)cc1. The molecular weight excluding hydrogens is 306 g/mol. The summed E-state index contributed by atoms with van der Waals surface area (Å²) in [5, 5.41) is 9.04. The molecule has 1 aliphatic rings. The minimum atomic E-state index is -1.13. The van der Waals surface area contributed by atoms with E-state index in [1.54, 1.807) is 12.1 Å². The van der Waals surface area contributed by atoms with Gasteiger partial charge in [-0.05, 0) is 48.7 Å². The summed E-state index contributed by atoms with van der Waals surface area (Å²) in [4.78, 5) is 37.2. The molecule has 0 aliphatic carbocycles. The zero-order valence-electron chi connectivity index (χ0n) is 13.3. The number of nitrogens with zero attached hydrogens (tertiary/aromatic N) is 1. The molecule has 0 bridgehead atoms. The number of aryl methyl sites for hydroxylation is 1. The van der Waals surface area contributed by atoms with Crippen LogP contribution >= 0.6 is 0 Å². The number of rotatable bonds is 5. The molecule has 0 saturated heterocycles. The number of unbranched alkanes of at least 4 members (excludes halogenated alkanes) is 1. The van der Waals surface area contributed by atoms with Gasteiger partial charge in [-0.15, -0.1) is 0 Å². The molecule has 0 aromatic heterocycles. The Bertz CT molecular complexity index is 824. The number of carbonyl (C=O) groups is 3. The normalized spacial score (nSPS) is 13.3. The Kier molecular flexibility index (Phi) is 4.16. The summed E-state index contributed by atoms with van der Waals surface area (Å²) in [6, 6.07) is 11.3. The Morgan fingerprint density at radius 2 is 1.67 bits per heavy atom. The third-order valence-corrected chi connectivity index (χ3v) is 4.15. The number of carboxylic acid groups (broad SMARTS) is 1. The zero-order chi connectivity index (χ0) is 17.3. The number of benzene rings is 2. The van der Waals surface area contributed by atoms with E-state index in [0.717, 1.165) is 29.7 Å². The molecule has 0 radical (unpaired) electrons. The van der Waals surface area contributed by atoms with Crippen molar-refractivity contribution in [2.24, 2.45) is 0 Å². The fourth-order valence-corrected chi connectivity index (χ4v) is 2.80. The molecule has 0 saturated carbocycles. The second-order valence-electron chi connectivity index (χ2n) is 5.78. The Hall–Kier alpha value is -2.95. The van der Waals surface area contributed by atoms with Crippen molar-refractivity contribution in [1.29, 1.82) is 0 Å². The first kappa shape index (κ1) is 15.9. The van der Waals surface area contributed by atoms with Crippen molar-refractivity contribution in [1.82, 2.24) is 0 Å². The molecule has 2 aromatic rings. The van der Waals surface area contributed by atoms with Gasteiger partial charge in [0.2, 0.25) is 0 Å². The molecule has 24 heavy (non-hydrogen) atoms. The van der Waals surface area contributed by atoms with E-state index in [2.05, 4.69) is 6.92 Å². The zero-order valence-corrected chi connectivity index (χ0v) is 13.3. The van der Waals surface area contributed by atoms with E-state index in [1.807, 2.05) is 12.1 Å². The van der Waals surface area contributed by atoms with Crippen LogP contribution in [0.4, 0.5) is 5.69 Å². The molecule has 0 spiro atoms. The van der Waals surface area contributed by atoms with Gasteiger partial charge < -0.3 is 5.11 Å². The summed E-state index contributed by atoms with van der Waals surface area (Å²) in [7, 11) is 0. The van der Waals surface area contributed by atoms with Crippen LogP contribution in [0.15, 0.2) is 42.5 Å². The number of carboxylic acids is 1. The van der Waals surface area contributed by atoms with Crippen LogP contribution in [-0.2, 0) is 6.42 Å². The molecule has 2 amide bonds. The van der Waals surface area contributed by atoms with Crippen LogP contribution in [-0.4, -0.2) is 22.9 Å². The predicted octanol–water partition coefficient (Wildman–Crippen LogP) is 3.53. The summed E-state index contributed by atoms with van der Waals surface area (Å²) in [6.45, 7) is 2.12. The molecule has 0 atom stereocenters. The number of hydrogen-bond acceptors (Lipinski definition) is 3. The van der Waals surface area contributed by atoms with Gasteiger partial charge in [0.05, 0.1) is 22.4 Å². The van der Waals surface area contributed by atoms with E-state index in [-0.39, 0.29) is 16.7 Å². The van der Waals surface area contributed by atoms with Gasteiger partial charge in [0.15, 0.2) is 0 Å². The average Bonchev–Trinajstić information content (AvgIpc) is 2.84. The van der Waals surface area contributed by atoms with Crippen LogP contribution in [0.2, 0.25) is 0 Å². The summed E-state index contributed by atoms with van der Waals surface area (Å²) in [5.41, 5.74) is 2.02. The quantitative estimate of drug-likeness (QED) is 0.854. The smallest absolute Gasteiger partial charge is 0.335 e. The van der Waals surface area contributed by atoms with Gasteiger partial charge in [-0.2, -0.15) is 0 Å². The lowest BCUT2D eigenvalue weighted by atomic mass is 10.1. The van der Waals surface area contributed by atoms with Crippen molar-refractivity contribution in [2.75, 3.05) is 4.90 Å². The van der Waals surface area contributed by atoms with Crippen molar-refractivity contribution < 1.29 is 19.5 Å². The average molecular weight is 323 g/mol. The molecule has 1 N–H and O–H groups in total. The van der Waals surface area contributed by atoms with Crippen molar-refractivity contribution in [3.8, 4) is 0 Å². The van der Waals surface area contributed by atoms with E-state index < -0.39 is 17.8 Å². The molecule has 1 heterocycles. The van der Waals surface area contributed by atoms with Crippen LogP contribution in [0.3, 0.4) is 0 Å². The largest absolute Gasteiger partial charge is 0.478 e. The number of fused-ring (bicyclic) bond motifs is 1. The highest BCUT2D eigenvalue weighted by Gasteiger charge is 2.37. The van der Waals surface area contributed by atoms with E-state index in [4.69, 9.17) is 5.11 Å². The van der Waals surface area contributed by atoms with Crippen LogP contribution < -0.4 is 4.90 Å². The van der Waals surface area contributed by atoms with Crippen LogP contribution in [0.25, 0.3) is 0 Å². The van der Waals surface area contributed by atoms with Gasteiger partial charge in [0.1, 0.15) is 0 Å². The molecule has 0 unspecified atom stereocenters. The number of carbonyl (C=O) groups excluding carboxylic acids is 2. The molecule has 122 valence electrons. The standard InChI is InChI=1S/C19H17NO4/c1-2-3-4-12-5-8-14(9-6-12)20-17(21)15-10-7-13(19(23)24)11-16(15)18(20)22/h5-11H,2-4H2,1H3,(H,23,24). The number of aromatic carboxylic acids is 1. The Morgan fingerprint density at radius 3 is 2.29 bits per heavy atom. The number of hydrogen-bond donors (Lipinski definition) is 1. The first-order valence-electron chi connectivity index (χ1n) is 7.88. The molecule has 2 aromatic carbocycles. The minimum absolute atomic E-state index is 0.00772.